The molecule has 0 aromatic carbocycles. The van der Waals surface area contributed by atoms with E-state index in [9.17, 15) is 0 Å². The molecule has 2 atom stereocenters. The summed E-state index contributed by atoms with van der Waals surface area (Å²) >= 11 is 0. The molecule has 0 bridgehead atoms. The standard InChI is InChI=1S/C15H30N2O2/c1-6-19-12-9-15(16,14(12,4)5)10-17-7-8-18-11-13(17,2)3/h12H,6-11,16H2,1-5H3. The average molecular weight is 270 g/mol. The number of nitrogens with two attached hydrogens (primary N) is 1. The van der Waals surface area contributed by atoms with Crippen molar-refractivity contribution in [3.63, 3.8) is 0 Å². The van der Waals surface area contributed by atoms with Gasteiger partial charge in [0.15, 0.2) is 0 Å². The molecule has 1 heterocycles. The van der Waals surface area contributed by atoms with E-state index in [1.165, 1.54) is 0 Å². The van der Waals surface area contributed by atoms with E-state index in [1.54, 1.807) is 0 Å². The summed E-state index contributed by atoms with van der Waals surface area (Å²) in [5, 5.41) is 0. The molecule has 0 spiro atoms. The van der Waals surface area contributed by atoms with Gasteiger partial charge >= 0.3 is 0 Å². The van der Waals surface area contributed by atoms with E-state index in [-0.39, 0.29) is 16.5 Å². The Labute approximate surface area is 117 Å². The molecule has 2 aliphatic rings. The Hall–Kier alpha value is -0.160. The second-order valence-corrected chi connectivity index (χ2v) is 7.31. The van der Waals surface area contributed by atoms with Gasteiger partial charge in [-0.3, -0.25) is 4.90 Å². The minimum atomic E-state index is -0.151. The third-order valence-corrected chi connectivity index (χ3v) is 5.30. The largest absolute Gasteiger partial charge is 0.378 e. The molecular weight excluding hydrogens is 240 g/mol. The number of morpholine rings is 1. The smallest absolute Gasteiger partial charge is 0.0662 e. The van der Waals surface area contributed by atoms with Crippen LogP contribution in [0.5, 0.6) is 0 Å². The Kier molecular flexibility index (Phi) is 4.00. The minimum absolute atomic E-state index is 0.0391. The Morgan fingerprint density at radius 1 is 1.32 bits per heavy atom. The zero-order chi connectivity index (χ0) is 14.3. The van der Waals surface area contributed by atoms with Gasteiger partial charge in [0.05, 0.1) is 19.3 Å². The predicted molar refractivity (Wildman–Crippen MR) is 77.2 cm³/mol. The molecule has 2 fully saturated rings. The van der Waals surface area contributed by atoms with E-state index in [2.05, 4.69) is 39.5 Å². The van der Waals surface area contributed by atoms with Gasteiger partial charge in [0, 0.05) is 36.2 Å². The Bertz CT molecular complexity index is 330. The van der Waals surface area contributed by atoms with Gasteiger partial charge in [-0.2, -0.15) is 0 Å². The normalized spacial score (nSPS) is 37.9. The van der Waals surface area contributed by atoms with Crippen LogP contribution in [0.2, 0.25) is 0 Å². The monoisotopic (exact) mass is 270 g/mol. The van der Waals surface area contributed by atoms with Crippen molar-refractivity contribution in [1.82, 2.24) is 4.90 Å². The van der Waals surface area contributed by atoms with Crippen LogP contribution in [-0.4, -0.2) is 55.0 Å². The first kappa shape index (κ1) is 15.2. The van der Waals surface area contributed by atoms with Crippen molar-refractivity contribution in [2.75, 3.05) is 32.9 Å². The molecule has 2 rings (SSSR count). The van der Waals surface area contributed by atoms with Crippen molar-refractivity contribution < 1.29 is 9.47 Å². The molecule has 0 aromatic heterocycles. The fourth-order valence-electron chi connectivity index (χ4n) is 3.30. The highest BCUT2D eigenvalue weighted by Crippen LogP contribution is 2.50. The van der Waals surface area contributed by atoms with E-state index in [0.717, 1.165) is 39.3 Å². The molecule has 4 nitrogen and oxygen atoms in total. The number of ether oxygens (including phenoxy) is 2. The summed E-state index contributed by atoms with van der Waals surface area (Å²) in [6, 6.07) is 0. The molecule has 0 radical (unpaired) electrons. The third kappa shape index (κ3) is 2.56. The van der Waals surface area contributed by atoms with Gasteiger partial charge in [0.25, 0.3) is 0 Å². The van der Waals surface area contributed by atoms with Crippen molar-refractivity contribution in [3.8, 4) is 0 Å². The Balaban J connectivity index is 2.03. The highest BCUT2D eigenvalue weighted by atomic mass is 16.5. The minimum Gasteiger partial charge on any atom is -0.378 e. The van der Waals surface area contributed by atoms with E-state index in [4.69, 9.17) is 15.2 Å². The van der Waals surface area contributed by atoms with Crippen molar-refractivity contribution in [2.45, 2.75) is 58.2 Å². The number of hydrogen-bond donors (Lipinski definition) is 1. The molecule has 1 aliphatic heterocycles. The summed E-state index contributed by atoms with van der Waals surface area (Å²) in [5.41, 5.74) is 6.66. The molecule has 1 saturated carbocycles. The summed E-state index contributed by atoms with van der Waals surface area (Å²) in [7, 11) is 0. The Morgan fingerprint density at radius 3 is 2.53 bits per heavy atom. The molecule has 0 amide bonds. The summed E-state index contributed by atoms with van der Waals surface area (Å²) in [5.74, 6) is 0. The number of nitrogens with zero attached hydrogens (tertiary/aromatic N) is 1. The van der Waals surface area contributed by atoms with Crippen LogP contribution in [0.15, 0.2) is 0 Å². The van der Waals surface area contributed by atoms with Crippen LogP contribution in [0.1, 0.15) is 41.0 Å². The maximum atomic E-state index is 6.69. The molecule has 1 saturated heterocycles. The number of rotatable bonds is 4. The van der Waals surface area contributed by atoms with Crippen LogP contribution in [0, 0.1) is 5.41 Å². The molecular formula is C15H30N2O2. The lowest BCUT2D eigenvalue weighted by Crippen LogP contribution is -2.75. The summed E-state index contributed by atoms with van der Waals surface area (Å²) in [4.78, 5) is 2.49. The topological polar surface area (TPSA) is 47.7 Å². The summed E-state index contributed by atoms with van der Waals surface area (Å²) < 4.78 is 11.4. The van der Waals surface area contributed by atoms with E-state index >= 15 is 0 Å². The van der Waals surface area contributed by atoms with Crippen molar-refractivity contribution in [2.24, 2.45) is 11.1 Å². The van der Waals surface area contributed by atoms with Gasteiger partial charge in [0.2, 0.25) is 0 Å². The Morgan fingerprint density at radius 2 is 2.00 bits per heavy atom. The van der Waals surface area contributed by atoms with Crippen LogP contribution in [-0.2, 0) is 9.47 Å². The first-order valence-corrected chi connectivity index (χ1v) is 7.46. The van der Waals surface area contributed by atoms with Gasteiger partial charge in [-0.15, -0.1) is 0 Å². The van der Waals surface area contributed by atoms with Gasteiger partial charge in [-0.1, -0.05) is 13.8 Å². The van der Waals surface area contributed by atoms with Crippen LogP contribution in [0.4, 0.5) is 0 Å². The number of hydrogen-bond acceptors (Lipinski definition) is 4. The highest BCUT2D eigenvalue weighted by Gasteiger charge is 2.59. The lowest BCUT2D eigenvalue weighted by atomic mass is 9.54. The van der Waals surface area contributed by atoms with Crippen LogP contribution in [0.3, 0.4) is 0 Å². The van der Waals surface area contributed by atoms with E-state index in [1.807, 2.05) is 0 Å². The second-order valence-electron chi connectivity index (χ2n) is 7.31. The zero-order valence-electron chi connectivity index (χ0n) is 13.2. The van der Waals surface area contributed by atoms with Crippen LogP contribution < -0.4 is 5.73 Å². The molecule has 2 unspecified atom stereocenters. The lowest BCUT2D eigenvalue weighted by molar-refractivity contribution is -0.169. The van der Waals surface area contributed by atoms with Gasteiger partial charge in [-0.05, 0) is 27.2 Å². The molecule has 4 heteroatoms. The molecule has 2 N–H and O–H groups in total. The van der Waals surface area contributed by atoms with Crippen molar-refractivity contribution in [3.05, 3.63) is 0 Å². The lowest BCUT2D eigenvalue weighted by Gasteiger charge is -2.61. The summed E-state index contributed by atoms with van der Waals surface area (Å²) in [6.45, 7) is 15.3. The second kappa shape index (κ2) is 4.99. The summed E-state index contributed by atoms with van der Waals surface area (Å²) in [6.07, 6.45) is 1.26. The molecule has 1 aliphatic carbocycles. The first-order valence-electron chi connectivity index (χ1n) is 7.46. The van der Waals surface area contributed by atoms with Gasteiger partial charge in [-0.25, -0.2) is 0 Å². The quantitative estimate of drug-likeness (QED) is 0.843. The van der Waals surface area contributed by atoms with Crippen LogP contribution >= 0.6 is 0 Å². The third-order valence-electron chi connectivity index (χ3n) is 5.30. The highest BCUT2D eigenvalue weighted by molar-refractivity contribution is 5.15. The van der Waals surface area contributed by atoms with Crippen molar-refractivity contribution in [1.29, 1.82) is 0 Å². The average Bonchev–Trinajstić information content (AvgIpc) is 2.31. The van der Waals surface area contributed by atoms with Crippen molar-refractivity contribution >= 4 is 0 Å². The van der Waals surface area contributed by atoms with Gasteiger partial charge in [0.1, 0.15) is 0 Å². The fraction of sp³-hybridized carbons (Fsp3) is 1.00. The fourth-order valence-corrected chi connectivity index (χ4v) is 3.30. The van der Waals surface area contributed by atoms with Crippen LogP contribution in [0.25, 0.3) is 0 Å². The first-order chi connectivity index (χ1) is 8.73. The molecule has 112 valence electrons. The molecule has 19 heavy (non-hydrogen) atoms. The predicted octanol–water partition coefficient (Wildman–Crippen LogP) is 1.63. The van der Waals surface area contributed by atoms with E-state index in [0.29, 0.717) is 6.10 Å². The maximum Gasteiger partial charge on any atom is 0.0662 e. The zero-order valence-corrected chi connectivity index (χ0v) is 13.2. The van der Waals surface area contributed by atoms with E-state index < -0.39 is 0 Å². The SMILES string of the molecule is CCOC1CC(N)(CN2CCOCC2(C)C)C1(C)C. The maximum absolute atomic E-state index is 6.69. The molecule has 0 aromatic rings. The van der Waals surface area contributed by atoms with Gasteiger partial charge < -0.3 is 15.2 Å².